The molecule has 0 saturated heterocycles. The Labute approximate surface area is 98.1 Å². The third kappa shape index (κ3) is 4.98. The van der Waals surface area contributed by atoms with Crippen molar-refractivity contribution in [3.8, 4) is 0 Å². The molecule has 0 atom stereocenters. The lowest BCUT2D eigenvalue weighted by atomic mass is 10.3. The maximum Gasteiger partial charge on any atom is 0.127 e. The molecule has 2 N–H and O–H groups in total. The van der Waals surface area contributed by atoms with Crippen LogP contribution < -0.4 is 10.6 Å². The number of nitrogens with one attached hydrogen (secondary N) is 2. The van der Waals surface area contributed by atoms with Crippen molar-refractivity contribution in [2.24, 2.45) is 0 Å². The van der Waals surface area contributed by atoms with Gasteiger partial charge in [0, 0.05) is 37.6 Å². The Kier molecular flexibility index (Phi) is 5.64. The molecule has 0 aliphatic carbocycles. The van der Waals surface area contributed by atoms with E-state index in [0.717, 1.165) is 37.6 Å². The molecule has 1 rings (SSSR count). The summed E-state index contributed by atoms with van der Waals surface area (Å²) in [6, 6.07) is 4.04. The molecule has 0 amide bonds. The molecule has 0 radical (unpaired) electrons. The fourth-order valence-electron chi connectivity index (χ4n) is 1.31. The van der Waals surface area contributed by atoms with Gasteiger partial charge in [-0.2, -0.15) is 0 Å². The molecule has 0 aliphatic rings. The second kappa shape index (κ2) is 7.06. The fraction of sp³-hybridized carbons (Fsp3) is 0.583. The Bertz CT molecular complexity index is 299. The number of pyridine rings is 1. The van der Waals surface area contributed by atoms with Crippen LogP contribution in [0.4, 0.5) is 11.5 Å². The quantitative estimate of drug-likeness (QED) is 0.739. The number of hydrogen-bond donors (Lipinski definition) is 2. The summed E-state index contributed by atoms with van der Waals surface area (Å²) in [5.41, 5.74) is 1.12. The Morgan fingerprint density at radius 2 is 2.06 bits per heavy atom. The minimum Gasteiger partial charge on any atom is -0.384 e. The van der Waals surface area contributed by atoms with Gasteiger partial charge >= 0.3 is 0 Å². The lowest BCUT2D eigenvalue weighted by Gasteiger charge is -2.12. The Balaban J connectivity index is 2.40. The highest BCUT2D eigenvalue weighted by Gasteiger charge is 1.96. The maximum absolute atomic E-state index is 4.26. The monoisotopic (exact) mass is 222 g/mol. The SMILES string of the molecule is CCCNc1cc(NCCN(C)C)ccn1. The molecule has 0 aromatic carbocycles. The van der Waals surface area contributed by atoms with Gasteiger partial charge in [-0.25, -0.2) is 4.98 Å². The first-order valence-electron chi connectivity index (χ1n) is 5.81. The average Bonchev–Trinajstić information content (AvgIpc) is 2.26. The van der Waals surface area contributed by atoms with Gasteiger partial charge in [-0.15, -0.1) is 0 Å². The van der Waals surface area contributed by atoms with Gasteiger partial charge in [0.1, 0.15) is 5.82 Å². The molecule has 0 unspecified atom stereocenters. The number of nitrogens with zero attached hydrogens (tertiary/aromatic N) is 2. The number of anilines is 2. The summed E-state index contributed by atoms with van der Waals surface area (Å²) >= 11 is 0. The van der Waals surface area contributed by atoms with Gasteiger partial charge < -0.3 is 15.5 Å². The molecule has 1 aromatic heterocycles. The van der Waals surface area contributed by atoms with Crippen molar-refractivity contribution >= 4 is 11.5 Å². The second-order valence-corrected chi connectivity index (χ2v) is 4.09. The minimum atomic E-state index is 0.941. The van der Waals surface area contributed by atoms with Crippen LogP contribution in [-0.2, 0) is 0 Å². The van der Waals surface area contributed by atoms with Crippen LogP contribution in [-0.4, -0.2) is 43.6 Å². The zero-order valence-electron chi connectivity index (χ0n) is 10.5. The highest BCUT2D eigenvalue weighted by atomic mass is 15.1. The van der Waals surface area contributed by atoms with E-state index in [2.05, 4.69) is 41.5 Å². The second-order valence-electron chi connectivity index (χ2n) is 4.09. The largest absolute Gasteiger partial charge is 0.384 e. The van der Waals surface area contributed by atoms with Gasteiger partial charge in [0.05, 0.1) is 0 Å². The van der Waals surface area contributed by atoms with Crippen LogP contribution in [0, 0.1) is 0 Å². The van der Waals surface area contributed by atoms with Crippen LogP contribution in [0.2, 0.25) is 0 Å². The van der Waals surface area contributed by atoms with E-state index < -0.39 is 0 Å². The van der Waals surface area contributed by atoms with E-state index >= 15 is 0 Å². The summed E-state index contributed by atoms with van der Waals surface area (Å²) in [7, 11) is 4.14. The van der Waals surface area contributed by atoms with Crippen molar-refractivity contribution in [1.82, 2.24) is 9.88 Å². The summed E-state index contributed by atoms with van der Waals surface area (Å²) in [4.78, 5) is 6.42. The van der Waals surface area contributed by atoms with E-state index in [4.69, 9.17) is 0 Å². The summed E-state index contributed by atoms with van der Waals surface area (Å²) in [6.45, 7) is 5.09. The van der Waals surface area contributed by atoms with Gasteiger partial charge in [-0.3, -0.25) is 0 Å². The average molecular weight is 222 g/mol. The molecule has 16 heavy (non-hydrogen) atoms. The molecule has 0 fully saturated rings. The molecule has 0 spiro atoms. The number of likely N-dealkylation sites (N-methyl/N-ethyl adjacent to an activating group) is 1. The molecule has 0 aliphatic heterocycles. The van der Waals surface area contributed by atoms with Crippen LogP contribution in [0.3, 0.4) is 0 Å². The highest BCUT2D eigenvalue weighted by molar-refractivity contribution is 5.51. The summed E-state index contributed by atoms with van der Waals surface area (Å²) in [5, 5.41) is 6.64. The van der Waals surface area contributed by atoms with Crippen LogP contribution in [0.15, 0.2) is 18.3 Å². The van der Waals surface area contributed by atoms with Gasteiger partial charge in [0.15, 0.2) is 0 Å². The lowest BCUT2D eigenvalue weighted by Crippen LogP contribution is -2.20. The minimum absolute atomic E-state index is 0.941. The van der Waals surface area contributed by atoms with E-state index in [1.165, 1.54) is 0 Å². The molecular formula is C12H22N4. The molecule has 0 bridgehead atoms. The van der Waals surface area contributed by atoms with Gasteiger partial charge in [0.2, 0.25) is 0 Å². The number of aromatic nitrogens is 1. The smallest absolute Gasteiger partial charge is 0.127 e. The molecule has 4 heteroatoms. The Hall–Kier alpha value is -1.29. The zero-order valence-corrected chi connectivity index (χ0v) is 10.5. The number of rotatable bonds is 7. The topological polar surface area (TPSA) is 40.2 Å². The molecule has 1 heterocycles. The first-order chi connectivity index (χ1) is 7.72. The lowest BCUT2D eigenvalue weighted by molar-refractivity contribution is 0.425. The molecule has 4 nitrogen and oxygen atoms in total. The van der Waals surface area contributed by atoms with Crippen LogP contribution in [0.5, 0.6) is 0 Å². The summed E-state index contributed by atoms with van der Waals surface area (Å²) in [6.07, 6.45) is 2.94. The number of hydrogen-bond acceptors (Lipinski definition) is 4. The maximum atomic E-state index is 4.26. The fourth-order valence-corrected chi connectivity index (χ4v) is 1.31. The predicted octanol–water partition coefficient (Wildman–Crippen LogP) is 1.88. The zero-order chi connectivity index (χ0) is 11.8. The third-order valence-corrected chi connectivity index (χ3v) is 2.20. The van der Waals surface area contributed by atoms with Gasteiger partial charge in [-0.05, 0) is 26.6 Å². The molecule has 90 valence electrons. The van der Waals surface area contributed by atoms with Crippen molar-refractivity contribution in [2.45, 2.75) is 13.3 Å². The molecular weight excluding hydrogens is 200 g/mol. The summed E-state index contributed by atoms with van der Waals surface area (Å²) < 4.78 is 0. The predicted molar refractivity (Wildman–Crippen MR) is 70.1 cm³/mol. The van der Waals surface area contributed by atoms with E-state index in [9.17, 15) is 0 Å². The Morgan fingerprint density at radius 3 is 2.75 bits per heavy atom. The van der Waals surface area contributed by atoms with E-state index in [1.807, 2.05) is 18.3 Å². The standard InChI is InChI=1S/C12H22N4/c1-4-6-14-12-10-11(5-7-15-12)13-8-9-16(2)3/h5,7,10H,4,6,8-9H2,1-3H3,(H2,13,14,15). The van der Waals surface area contributed by atoms with E-state index in [-0.39, 0.29) is 0 Å². The van der Waals surface area contributed by atoms with Crippen molar-refractivity contribution < 1.29 is 0 Å². The highest BCUT2D eigenvalue weighted by Crippen LogP contribution is 2.11. The Morgan fingerprint density at radius 1 is 1.25 bits per heavy atom. The van der Waals surface area contributed by atoms with E-state index in [1.54, 1.807) is 0 Å². The van der Waals surface area contributed by atoms with Gasteiger partial charge in [0.25, 0.3) is 0 Å². The van der Waals surface area contributed by atoms with E-state index in [0.29, 0.717) is 0 Å². The first-order valence-corrected chi connectivity index (χ1v) is 5.81. The van der Waals surface area contributed by atoms with Gasteiger partial charge in [-0.1, -0.05) is 6.92 Å². The van der Waals surface area contributed by atoms with Crippen LogP contribution in [0.25, 0.3) is 0 Å². The van der Waals surface area contributed by atoms with Crippen molar-refractivity contribution in [3.63, 3.8) is 0 Å². The van der Waals surface area contributed by atoms with Crippen molar-refractivity contribution in [2.75, 3.05) is 44.4 Å². The normalized spacial score (nSPS) is 10.5. The summed E-state index contributed by atoms with van der Waals surface area (Å²) in [5.74, 6) is 0.941. The van der Waals surface area contributed by atoms with Crippen molar-refractivity contribution in [1.29, 1.82) is 0 Å². The molecule has 0 saturated carbocycles. The third-order valence-electron chi connectivity index (χ3n) is 2.20. The molecule has 1 aromatic rings. The first kappa shape index (κ1) is 12.8. The van der Waals surface area contributed by atoms with Crippen LogP contribution in [0.1, 0.15) is 13.3 Å². The van der Waals surface area contributed by atoms with Crippen LogP contribution >= 0.6 is 0 Å². The van der Waals surface area contributed by atoms with Crippen molar-refractivity contribution in [3.05, 3.63) is 18.3 Å².